The molecule has 36 heavy (non-hydrogen) atoms. The van der Waals surface area contributed by atoms with Crippen LogP contribution in [0.25, 0.3) is 22.8 Å². The monoisotopic (exact) mass is 486 g/mol. The Hall–Kier alpha value is -3.85. The second kappa shape index (κ2) is 8.09. The maximum atomic E-state index is 13.4. The van der Waals surface area contributed by atoms with Gasteiger partial charge in [0.1, 0.15) is 5.41 Å². The number of ether oxygens (including phenoxy) is 1. The molecule has 2 aromatic carbocycles. The topological polar surface area (TPSA) is 115 Å². The summed E-state index contributed by atoms with van der Waals surface area (Å²) in [5, 5.41) is 6.59. The van der Waals surface area contributed by atoms with Crippen molar-refractivity contribution in [1.29, 1.82) is 0 Å². The molecule has 2 fully saturated rings. The summed E-state index contributed by atoms with van der Waals surface area (Å²) in [7, 11) is 0. The lowest BCUT2D eigenvalue weighted by atomic mass is 9.63. The number of benzene rings is 2. The fourth-order valence-corrected chi connectivity index (χ4v) is 5.94. The lowest BCUT2D eigenvalue weighted by Crippen LogP contribution is -2.72. The number of nitrogens with one attached hydrogen (secondary N) is 1. The van der Waals surface area contributed by atoms with Crippen molar-refractivity contribution in [3.05, 3.63) is 53.6 Å². The first-order chi connectivity index (χ1) is 17.3. The molecule has 2 saturated heterocycles. The van der Waals surface area contributed by atoms with Crippen LogP contribution in [0, 0.1) is 12.3 Å². The molecular weight excluding hydrogens is 460 g/mol. The number of piperidine rings is 1. The number of carbonyl (C=O) groups is 3. The van der Waals surface area contributed by atoms with E-state index >= 15 is 0 Å². The van der Waals surface area contributed by atoms with Gasteiger partial charge in [-0.3, -0.25) is 19.7 Å². The number of anilines is 1. The maximum Gasteiger partial charge on any atom is 0.258 e. The van der Waals surface area contributed by atoms with E-state index in [9.17, 15) is 14.4 Å². The molecule has 9 heteroatoms. The van der Waals surface area contributed by atoms with E-state index in [0.29, 0.717) is 18.3 Å². The molecule has 4 heterocycles. The van der Waals surface area contributed by atoms with Crippen LogP contribution in [-0.4, -0.2) is 52.5 Å². The molecule has 1 N–H and O–H groups in total. The first-order valence-electron chi connectivity index (χ1n) is 12.1. The largest absolute Gasteiger partial charge is 0.372 e. The third kappa shape index (κ3) is 3.37. The number of amides is 2. The van der Waals surface area contributed by atoms with E-state index in [0.717, 1.165) is 27.9 Å². The van der Waals surface area contributed by atoms with E-state index < -0.39 is 23.3 Å². The minimum Gasteiger partial charge on any atom is -0.372 e. The van der Waals surface area contributed by atoms with Gasteiger partial charge in [0.05, 0.1) is 24.7 Å². The van der Waals surface area contributed by atoms with Crippen molar-refractivity contribution in [2.24, 2.45) is 5.41 Å². The van der Waals surface area contributed by atoms with Gasteiger partial charge in [0.25, 0.3) is 5.89 Å². The van der Waals surface area contributed by atoms with E-state index in [1.54, 1.807) is 0 Å². The number of imide groups is 1. The van der Waals surface area contributed by atoms with Crippen molar-refractivity contribution in [2.45, 2.75) is 51.9 Å². The molecule has 0 bridgehead atoms. The molecule has 3 aliphatic heterocycles. The number of Topliss-reactive ketones (excluding diaryl/α,β-unsaturated/α-hetero) is 1. The third-order valence-electron chi connectivity index (χ3n) is 7.50. The van der Waals surface area contributed by atoms with Gasteiger partial charge in [-0.15, -0.1) is 0 Å². The SMILES string of the molecule is Cc1ccc(-c2nc(-c3ccc4c(c3)C[C@@]3(C(=O)CC(=O)NC3=O)[C@H]3[C@H](C)O[C@H](C)CN43)no2)cc1. The highest BCUT2D eigenvalue weighted by atomic mass is 16.5. The average molecular weight is 487 g/mol. The van der Waals surface area contributed by atoms with Crippen LogP contribution in [0.4, 0.5) is 5.69 Å². The summed E-state index contributed by atoms with van der Waals surface area (Å²) in [5.74, 6) is -0.650. The molecule has 0 radical (unpaired) electrons. The van der Waals surface area contributed by atoms with Crippen LogP contribution in [0.5, 0.6) is 0 Å². The Balaban J connectivity index is 1.43. The Morgan fingerprint density at radius 2 is 1.81 bits per heavy atom. The van der Waals surface area contributed by atoms with Gasteiger partial charge in [0.2, 0.25) is 17.6 Å². The lowest BCUT2D eigenvalue weighted by Gasteiger charge is -2.55. The summed E-state index contributed by atoms with van der Waals surface area (Å²) in [6.45, 7) is 6.39. The highest BCUT2D eigenvalue weighted by Crippen LogP contribution is 2.48. The van der Waals surface area contributed by atoms with Crippen LogP contribution in [0.3, 0.4) is 0 Å². The molecule has 2 amide bonds. The Bertz CT molecular complexity index is 1380. The molecule has 3 aliphatic rings. The van der Waals surface area contributed by atoms with Gasteiger partial charge in [-0.2, -0.15) is 4.98 Å². The number of rotatable bonds is 2. The number of aromatic nitrogens is 2. The normalized spacial score (nSPS) is 27.6. The van der Waals surface area contributed by atoms with Gasteiger partial charge >= 0.3 is 0 Å². The fraction of sp³-hybridized carbons (Fsp3) is 0.370. The minimum atomic E-state index is -1.41. The molecule has 1 aromatic heterocycles. The first kappa shape index (κ1) is 22.6. The highest BCUT2D eigenvalue weighted by Gasteiger charge is 2.62. The van der Waals surface area contributed by atoms with Crippen LogP contribution >= 0.6 is 0 Å². The maximum absolute atomic E-state index is 13.4. The summed E-state index contributed by atoms with van der Waals surface area (Å²) in [4.78, 5) is 45.4. The molecule has 6 rings (SSSR count). The summed E-state index contributed by atoms with van der Waals surface area (Å²) in [6.07, 6.45) is -0.617. The molecule has 0 aliphatic carbocycles. The molecule has 1 spiro atoms. The standard InChI is InChI=1S/C27H26N4O5/c1-14-4-6-17(7-5-14)25-29-24(30-36-25)18-8-9-20-19(10-18)12-27(21(32)11-22(33)28-26(27)34)23-16(3)35-15(2)13-31(20)23/h4-10,15-16,23H,11-13H2,1-3H3,(H,28,33,34)/t15-,16+,23-,27-/m1/s1. The van der Waals surface area contributed by atoms with E-state index in [1.165, 1.54) is 0 Å². The van der Waals surface area contributed by atoms with Crippen LogP contribution in [-0.2, 0) is 25.5 Å². The quantitative estimate of drug-likeness (QED) is 0.434. The molecular formula is C27H26N4O5. The summed E-state index contributed by atoms with van der Waals surface area (Å²) in [6, 6.07) is 13.1. The number of hydrogen-bond acceptors (Lipinski definition) is 8. The van der Waals surface area contributed by atoms with Crippen molar-refractivity contribution < 1.29 is 23.6 Å². The zero-order chi connectivity index (χ0) is 25.2. The van der Waals surface area contributed by atoms with Crippen LogP contribution in [0.1, 0.15) is 31.4 Å². The Kier molecular flexibility index (Phi) is 5.08. The Morgan fingerprint density at radius 3 is 2.56 bits per heavy atom. The molecule has 0 saturated carbocycles. The molecule has 0 unspecified atom stereocenters. The van der Waals surface area contributed by atoms with E-state index in [1.807, 2.05) is 63.2 Å². The lowest BCUT2D eigenvalue weighted by molar-refractivity contribution is -0.158. The van der Waals surface area contributed by atoms with E-state index in [-0.39, 0.29) is 30.8 Å². The fourth-order valence-electron chi connectivity index (χ4n) is 5.94. The Labute approximate surface area is 207 Å². The van der Waals surface area contributed by atoms with E-state index in [2.05, 4.69) is 20.4 Å². The first-order valence-corrected chi connectivity index (χ1v) is 12.1. The summed E-state index contributed by atoms with van der Waals surface area (Å²) in [5.41, 5.74) is 3.03. The number of carbonyl (C=O) groups excluding carboxylic acids is 3. The zero-order valence-corrected chi connectivity index (χ0v) is 20.3. The van der Waals surface area contributed by atoms with Crippen LogP contribution < -0.4 is 10.2 Å². The molecule has 184 valence electrons. The Morgan fingerprint density at radius 1 is 1.06 bits per heavy atom. The predicted octanol–water partition coefficient (Wildman–Crippen LogP) is 2.85. The highest BCUT2D eigenvalue weighted by molar-refractivity contribution is 6.22. The van der Waals surface area contributed by atoms with Gasteiger partial charge in [-0.1, -0.05) is 22.9 Å². The summed E-state index contributed by atoms with van der Waals surface area (Å²) < 4.78 is 11.6. The molecule has 3 aromatic rings. The van der Waals surface area contributed by atoms with E-state index in [4.69, 9.17) is 9.26 Å². The van der Waals surface area contributed by atoms with Crippen molar-refractivity contribution >= 4 is 23.3 Å². The second-order valence-corrected chi connectivity index (χ2v) is 10.0. The van der Waals surface area contributed by atoms with Crippen molar-refractivity contribution in [2.75, 3.05) is 11.4 Å². The van der Waals surface area contributed by atoms with Crippen molar-refractivity contribution in [1.82, 2.24) is 15.5 Å². The van der Waals surface area contributed by atoms with Gasteiger partial charge in [0.15, 0.2) is 5.78 Å². The van der Waals surface area contributed by atoms with Gasteiger partial charge in [-0.25, -0.2) is 0 Å². The number of nitrogens with zero attached hydrogens (tertiary/aromatic N) is 3. The second-order valence-electron chi connectivity index (χ2n) is 10.0. The number of morpholine rings is 1. The van der Waals surface area contributed by atoms with Crippen molar-refractivity contribution in [3.8, 4) is 22.8 Å². The molecule has 9 nitrogen and oxygen atoms in total. The number of ketones is 1. The smallest absolute Gasteiger partial charge is 0.258 e. The number of fused-ring (bicyclic) bond motifs is 4. The van der Waals surface area contributed by atoms with Crippen molar-refractivity contribution in [3.63, 3.8) is 0 Å². The number of hydrogen-bond donors (Lipinski definition) is 1. The molecule has 4 atom stereocenters. The van der Waals surface area contributed by atoms with Gasteiger partial charge in [-0.05, 0) is 63.1 Å². The van der Waals surface area contributed by atoms with Crippen LogP contribution in [0.2, 0.25) is 0 Å². The van der Waals surface area contributed by atoms with Gasteiger partial charge < -0.3 is 14.2 Å². The minimum absolute atomic E-state index is 0.0865. The average Bonchev–Trinajstić information content (AvgIpc) is 3.32. The number of aryl methyl sites for hydroxylation is 1. The zero-order valence-electron chi connectivity index (χ0n) is 20.3. The third-order valence-corrected chi connectivity index (χ3v) is 7.50. The van der Waals surface area contributed by atoms with Crippen LogP contribution in [0.15, 0.2) is 47.0 Å². The summed E-state index contributed by atoms with van der Waals surface area (Å²) >= 11 is 0. The van der Waals surface area contributed by atoms with Gasteiger partial charge in [0, 0.05) is 23.4 Å². The predicted molar refractivity (Wildman–Crippen MR) is 130 cm³/mol.